The van der Waals surface area contributed by atoms with Crippen LogP contribution in [0.5, 0.6) is 0 Å². The van der Waals surface area contributed by atoms with E-state index >= 15 is 0 Å². The maximum atomic E-state index is 12.9. The lowest BCUT2D eigenvalue weighted by molar-refractivity contribution is -0.137. The third-order valence-corrected chi connectivity index (χ3v) is 4.36. The number of urea groups is 1. The quantitative estimate of drug-likeness (QED) is 0.455. The fraction of sp³-hybridized carbons (Fsp3) is 0.143. The molecular weight excluding hydrogens is 425 g/mol. The highest BCUT2D eigenvalue weighted by molar-refractivity contribution is 6.05. The lowest BCUT2D eigenvalue weighted by atomic mass is 10.1. The first-order valence-corrected chi connectivity index (χ1v) is 9.33. The molecule has 166 valence electrons. The standard InChI is InChI=1S/C21H19F3N6O2/c1-12-6-7-15(28-19(31)13-4-3-5-14(8-13)21(22,23)24)9-16(12)29-20(32)30-18-10-17(25-2)26-11-27-18/h3-11H,1-2H3,(H,28,31)(H3,25,26,27,29,30,32). The van der Waals surface area contributed by atoms with Crippen molar-refractivity contribution in [3.63, 3.8) is 0 Å². The molecule has 0 aliphatic heterocycles. The van der Waals surface area contributed by atoms with E-state index in [9.17, 15) is 22.8 Å². The van der Waals surface area contributed by atoms with Gasteiger partial charge in [0.2, 0.25) is 0 Å². The van der Waals surface area contributed by atoms with E-state index in [1.54, 1.807) is 26.1 Å². The highest BCUT2D eigenvalue weighted by Gasteiger charge is 2.30. The van der Waals surface area contributed by atoms with Crippen LogP contribution in [-0.2, 0) is 6.18 Å². The molecule has 3 aromatic rings. The molecule has 1 heterocycles. The normalized spacial score (nSPS) is 10.9. The molecule has 0 aliphatic carbocycles. The Labute approximate surface area is 181 Å². The van der Waals surface area contributed by atoms with Gasteiger partial charge in [0.15, 0.2) is 0 Å². The Morgan fingerprint density at radius 3 is 2.38 bits per heavy atom. The number of hydrogen-bond acceptors (Lipinski definition) is 5. The van der Waals surface area contributed by atoms with Gasteiger partial charge in [-0.3, -0.25) is 10.1 Å². The summed E-state index contributed by atoms with van der Waals surface area (Å²) in [6.07, 6.45) is -3.27. The van der Waals surface area contributed by atoms with Crippen LogP contribution in [-0.4, -0.2) is 29.0 Å². The molecule has 32 heavy (non-hydrogen) atoms. The minimum absolute atomic E-state index is 0.142. The van der Waals surface area contributed by atoms with E-state index in [4.69, 9.17) is 0 Å². The summed E-state index contributed by atoms with van der Waals surface area (Å²) in [7, 11) is 1.68. The Hall–Kier alpha value is -4.15. The van der Waals surface area contributed by atoms with E-state index in [2.05, 4.69) is 31.2 Å². The van der Waals surface area contributed by atoms with Gasteiger partial charge in [-0.1, -0.05) is 12.1 Å². The van der Waals surface area contributed by atoms with E-state index in [1.807, 2.05) is 0 Å². The van der Waals surface area contributed by atoms with Crippen LogP contribution in [0, 0.1) is 6.92 Å². The third kappa shape index (κ3) is 5.72. The Morgan fingerprint density at radius 1 is 0.906 bits per heavy atom. The molecule has 0 fully saturated rings. The summed E-state index contributed by atoms with van der Waals surface area (Å²) in [6.45, 7) is 1.75. The first kappa shape index (κ1) is 22.5. The van der Waals surface area contributed by atoms with E-state index in [1.165, 1.54) is 24.5 Å². The second-order valence-corrected chi connectivity index (χ2v) is 6.68. The monoisotopic (exact) mass is 444 g/mol. The smallest absolute Gasteiger partial charge is 0.373 e. The molecule has 0 aliphatic rings. The number of halogens is 3. The molecule has 0 saturated heterocycles. The zero-order chi connectivity index (χ0) is 23.3. The van der Waals surface area contributed by atoms with E-state index in [0.29, 0.717) is 22.8 Å². The Kier molecular flexibility index (Phi) is 6.57. The predicted molar refractivity (Wildman–Crippen MR) is 115 cm³/mol. The van der Waals surface area contributed by atoms with Gasteiger partial charge in [-0.15, -0.1) is 0 Å². The number of rotatable bonds is 5. The molecule has 0 bridgehead atoms. The van der Waals surface area contributed by atoms with Gasteiger partial charge in [0.05, 0.1) is 5.56 Å². The van der Waals surface area contributed by atoms with Crippen molar-refractivity contribution >= 4 is 34.9 Å². The summed E-state index contributed by atoms with van der Waals surface area (Å²) in [6, 6.07) is 9.81. The van der Waals surface area contributed by atoms with Crippen LogP contribution in [0.3, 0.4) is 0 Å². The van der Waals surface area contributed by atoms with Gasteiger partial charge in [-0.25, -0.2) is 14.8 Å². The molecule has 4 N–H and O–H groups in total. The number of alkyl halides is 3. The van der Waals surface area contributed by atoms with E-state index < -0.39 is 23.7 Å². The average molecular weight is 444 g/mol. The molecule has 0 unspecified atom stereocenters. The molecular formula is C21H19F3N6O2. The predicted octanol–water partition coefficient (Wildman–Crippen LogP) is 4.74. The number of aryl methyl sites for hydroxylation is 1. The zero-order valence-electron chi connectivity index (χ0n) is 17.0. The van der Waals surface area contributed by atoms with Gasteiger partial charge in [-0.2, -0.15) is 13.2 Å². The second-order valence-electron chi connectivity index (χ2n) is 6.68. The van der Waals surface area contributed by atoms with Crippen LogP contribution in [0.1, 0.15) is 21.5 Å². The molecule has 11 heteroatoms. The Morgan fingerprint density at radius 2 is 1.66 bits per heavy atom. The van der Waals surface area contributed by atoms with Crippen LogP contribution in [0.15, 0.2) is 54.9 Å². The van der Waals surface area contributed by atoms with Crippen molar-refractivity contribution in [1.29, 1.82) is 0 Å². The summed E-state index contributed by atoms with van der Waals surface area (Å²) in [5, 5.41) is 10.6. The first-order valence-electron chi connectivity index (χ1n) is 9.33. The molecule has 0 radical (unpaired) electrons. The number of anilines is 4. The molecule has 1 aromatic heterocycles. The van der Waals surface area contributed by atoms with Crippen molar-refractivity contribution in [3.8, 4) is 0 Å². The number of nitrogens with one attached hydrogen (secondary N) is 4. The average Bonchev–Trinajstić information content (AvgIpc) is 2.75. The summed E-state index contributed by atoms with van der Waals surface area (Å²) in [4.78, 5) is 32.6. The number of benzene rings is 2. The SMILES string of the molecule is CNc1cc(NC(=O)Nc2cc(NC(=O)c3cccc(C(F)(F)F)c3)ccc2C)ncn1. The molecule has 3 rings (SSSR count). The maximum Gasteiger partial charge on any atom is 0.416 e. The van der Waals surface area contributed by atoms with Gasteiger partial charge < -0.3 is 16.0 Å². The molecule has 2 aromatic carbocycles. The zero-order valence-corrected chi connectivity index (χ0v) is 17.0. The lowest BCUT2D eigenvalue weighted by Crippen LogP contribution is -2.21. The number of amides is 3. The molecule has 3 amide bonds. The van der Waals surface area contributed by atoms with Gasteiger partial charge in [0.25, 0.3) is 5.91 Å². The number of carbonyl (C=O) groups is 2. The number of aromatic nitrogens is 2. The largest absolute Gasteiger partial charge is 0.416 e. The van der Waals surface area contributed by atoms with Crippen LogP contribution in [0.25, 0.3) is 0 Å². The van der Waals surface area contributed by atoms with E-state index in [-0.39, 0.29) is 11.4 Å². The van der Waals surface area contributed by atoms with Crippen molar-refractivity contribution in [1.82, 2.24) is 9.97 Å². The minimum atomic E-state index is -4.55. The van der Waals surface area contributed by atoms with Gasteiger partial charge >= 0.3 is 12.2 Å². The second kappa shape index (κ2) is 9.33. The van der Waals surface area contributed by atoms with Crippen molar-refractivity contribution < 1.29 is 22.8 Å². The fourth-order valence-electron chi connectivity index (χ4n) is 2.71. The third-order valence-electron chi connectivity index (χ3n) is 4.36. The molecule has 8 nitrogen and oxygen atoms in total. The van der Waals surface area contributed by atoms with Crippen molar-refractivity contribution in [2.75, 3.05) is 28.3 Å². The summed E-state index contributed by atoms with van der Waals surface area (Å²) in [5.74, 6) is 0.0789. The van der Waals surface area contributed by atoms with Crippen LogP contribution >= 0.6 is 0 Å². The van der Waals surface area contributed by atoms with Crippen molar-refractivity contribution in [2.24, 2.45) is 0 Å². The number of nitrogens with zero attached hydrogens (tertiary/aromatic N) is 2. The van der Waals surface area contributed by atoms with E-state index in [0.717, 1.165) is 18.2 Å². The number of carbonyl (C=O) groups excluding carboxylic acids is 2. The summed E-state index contributed by atoms with van der Waals surface area (Å²) in [5.41, 5.74) is 0.340. The summed E-state index contributed by atoms with van der Waals surface area (Å²) >= 11 is 0. The van der Waals surface area contributed by atoms with Gasteiger partial charge in [0, 0.05) is 30.1 Å². The Balaban J connectivity index is 1.71. The van der Waals surface area contributed by atoms with Crippen molar-refractivity contribution in [2.45, 2.75) is 13.1 Å². The molecule has 0 saturated carbocycles. The highest BCUT2D eigenvalue weighted by Crippen LogP contribution is 2.30. The molecule has 0 atom stereocenters. The van der Waals surface area contributed by atoms with Gasteiger partial charge in [-0.05, 0) is 42.8 Å². The van der Waals surface area contributed by atoms with Crippen LogP contribution < -0.4 is 21.3 Å². The topological polar surface area (TPSA) is 108 Å². The lowest BCUT2D eigenvalue weighted by Gasteiger charge is -2.13. The highest BCUT2D eigenvalue weighted by atomic mass is 19.4. The first-order chi connectivity index (χ1) is 15.2. The Bertz CT molecular complexity index is 1150. The van der Waals surface area contributed by atoms with Crippen LogP contribution in [0.4, 0.5) is 41.0 Å². The van der Waals surface area contributed by atoms with Gasteiger partial charge in [0.1, 0.15) is 18.0 Å². The fourth-order valence-corrected chi connectivity index (χ4v) is 2.71. The molecule has 0 spiro atoms. The van der Waals surface area contributed by atoms with Crippen molar-refractivity contribution in [3.05, 3.63) is 71.5 Å². The van der Waals surface area contributed by atoms with Crippen LogP contribution in [0.2, 0.25) is 0 Å². The minimum Gasteiger partial charge on any atom is -0.373 e. The summed E-state index contributed by atoms with van der Waals surface area (Å²) < 4.78 is 38.7. The maximum absolute atomic E-state index is 12.9. The number of hydrogen-bond donors (Lipinski definition) is 4.